The number of ether oxygens (including phenoxy) is 1. The number of halogens is 1. The first-order chi connectivity index (χ1) is 9.31. The zero-order chi connectivity index (χ0) is 13.5. The first-order valence-corrected chi connectivity index (χ1v) is 6.62. The van der Waals surface area contributed by atoms with Crippen LogP contribution in [0.2, 0.25) is 5.02 Å². The van der Waals surface area contributed by atoms with E-state index in [1.807, 2.05) is 37.4 Å². The number of hydrogen-bond donors (Lipinski definition) is 1. The van der Waals surface area contributed by atoms with Crippen molar-refractivity contribution in [2.75, 3.05) is 13.7 Å². The van der Waals surface area contributed by atoms with Crippen molar-refractivity contribution in [1.82, 2.24) is 10.3 Å². The number of para-hydroxylation sites is 1. The van der Waals surface area contributed by atoms with Crippen LogP contribution in [-0.4, -0.2) is 18.6 Å². The van der Waals surface area contributed by atoms with Crippen LogP contribution in [0.15, 0.2) is 42.7 Å². The van der Waals surface area contributed by atoms with Crippen molar-refractivity contribution >= 4 is 11.6 Å². The highest BCUT2D eigenvalue weighted by Gasteiger charge is 2.07. The molecule has 0 spiro atoms. The van der Waals surface area contributed by atoms with Crippen molar-refractivity contribution in [1.29, 1.82) is 0 Å². The second kappa shape index (κ2) is 7.12. The van der Waals surface area contributed by atoms with Gasteiger partial charge in [-0.25, -0.2) is 0 Å². The number of rotatable bonds is 6. The summed E-state index contributed by atoms with van der Waals surface area (Å²) in [7, 11) is 1.90. The summed E-state index contributed by atoms with van der Waals surface area (Å²) in [5.74, 6) is 0.771. The monoisotopic (exact) mass is 276 g/mol. The van der Waals surface area contributed by atoms with Crippen LogP contribution in [0.3, 0.4) is 0 Å². The molecule has 0 saturated heterocycles. The van der Waals surface area contributed by atoms with Crippen LogP contribution >= 0.6 is 11.6 Å². The molecule has 100 valence electrons. The maximum absolute atomic E-state index is 6.18. The normalized spacial score (nSPS) is 10.4. The number of aromatic nitrogens is 1. The van der Waals surface area contributed by atoms with Gasteiger partial charge in [0.1, 0.15) is 5.75 Å². The molecule has 1 aromatic carbocycles. The molecule has 0 fully saturated rings. The van der Waals surface area contributed by atoms with Gasteiger partial charge in [0.25, 0.3) is 0 Å². The largest absolute Gasteiger partial charge is 0.491 e. The van der Waals surface area contributed by atoms with Gasteiger partial charge in [-0.3, -0.25) is 4.98 Å². The Kier molecular flexibility index (Phi) is 5.19. The molecule has 4 heteroatoms. The molecule has 0 unspecified atom stereocenters. The molecule has 0 bridgehead atoms. The van der Waals surface area contributed by atoms with Crippen LogP contribution in [0.1, 0.15) is 11.1 Å². The van der Waals surface area contributed by atoms with Gasteiger partial charge < -0.3 is 10.1 Å². The predicted octanol–water partition coefficient (Wildman–Crippen LogP) is 3.08. The van der Waals surface area contributed by atoms with Crippen LogP contribution in [-0.2, 0) is 13.0 Å². The summed E-state index contributed by atoms with van der Waals surface area (Å²) in [6.07, 6.45) is 4.42. The fourth-order valence-corrected chi connectivity index (χ4v) is 2.11. The summed E-state index contributed by atoms with van der Waals surface area (Å²) < 4.78 is 5.83. The third-order valence-electron chi connectivity index (χ3n) is 2.80. The first kappa shape index (κ1) is 13.8. The maximum atomic E-state index is 6.18. The highest BCUT2D eigenvalue weighted by atomic mass is 35.5. The zero-order valence-electron chi connectivity index (χ0n) is 10.9. The Morgan fingerprint density at radius 2 is 2.00 bits per heavy atom. The molecule has 1 heterocycles. The molecule has 1 N–H and O–H groups in total. The van der Waals surface area contributed by atoms with Crippen molar-refractivity contribution in [3.05, 3.63) is 58.9 Å². The van der Waals surface area contributed by atoms with Crippen LogP contribution in [0.4, 0.5) is 0 Å². The topological polar surface area (TPSA) is 34.1 Å². The van der Waals surface area contributed by atoms with Gasteiger partial charge >= 0.3 is 0 Å². The van der Waals surface area contributed by atoms with Gasteiger partial charge in [0.05, 0.1) is 11.6 Å². The van der Waals surface area contributed by atoms with E-state index in [1.54, 1.807) is 12.4 Å². The molecule has 0 radical (unpaired) electrons. The molecule has 3 nitrogen and oxygen atoms in total. The van der Waals surface area contributed by atoms with Crippen LogP contribution in [0.5, 0.6) is 5.75 Å². The average molecular weight is 277 g/mol. The van der Waals surface area contributed by atoms with Gasteiger partial charge in [0.2, 0.25) is 0 Å². The Labute approximate surface area is 118 Å². The minimum Gasteiger partial charge on any atom is -0.491 e. The highest BCUT2D eigenvalue weighted by molar-refractivity contribution is 6.32. The van der Waals surface area contributed by atoms with Crippen LogP contribution < -0.4 is 10.1 Å². The molecule has 0 amide bonds. The number of nitrogens with zero attached hydrogens (tertiary/aromatic N) is 1. The van der Waals surface area contributed by atoms with E-state index in [0.717, 1.165) is 24.3 Å². The second-order valence-corrected chi connectivity index (χ2v) is 4.62. The molecule has 0 aliphatic heterocycles. The first-order valence-electron chi connectivity index (χ1n) is 6.25. The molecule has 2 rings (SSSR count). The summed E-state index contributed by atoms with van der Waals surface area (Å²) >= 11 is 6.18. The molecule has 0 aliphatic rings. The number of hydrogen-bond acceptors (Lipinski definition) is 3. The van der Waals surface area contributed by atoms with Crippen LogP contribution in [0, 0.1) is 0 Å². The average Bonchev–Trinajstić information content (AvgIpc) is 2.43. The molecule has 19 heavy (non-hydrogen) atoms. The minimum absolute atomic E-state index is 0.602. The summed E-state index contributed by atoms with van der Waals surface area (Å²) in [5, 5.41) is 3.77. The lowest BCUT2D eigenvalue weighted by atomic mass is 10.2. The number of nitrogens with one attached hydrogen (secondary N) is 1. The summed E-state index contributed by atoms with van der Waals surface area (Å²) in [5.41, 5.74) is 2.28. The Bertz CT molecular complexity index is 517. The summed E-state index contributed by atoms with van der Waals surface area (Å²) in [6, 6.07) is 9.78. The predicted molar refractivity (Wildman–Crippen MR) is 77.7 cm³/mol. The van der Waals surface area contributed by atoms with Gasteiger partial charge in [-0.2, -0.15) is 0 Å². The Balaban J connectivity index is 1.99. The Morgan fingerprint density at radius 3 is 2.74 bits per heavy atom. The summed E-state index contributed by atoms with van der Waals surface area (Å²) in [6.45, 7) is 1.34. The van der Waals surface area contributed by atoms with E-state index >= 15 is 0 Å². The van der Waals surface area contributed by atoms with E-state index in [0.29, 0.717) is 11.6 Å². The third-order valence-corrected chi connectivity index (χ3v) is 3.10. The van der Waals surface area contributed by atoms with Crippen molar-refractivity contribution in [2.24, 2.45) is 0 Å². The van der Waals surface area contributed by atoms with E-state index < -0.39 is 0 Å². The number of pyridine rings is 1. The third kappa shape index (κ3) is 3.94. The van der Waals surface area contributed by atoms with Crippen molar-refractivity contribution < 1.29 is 4.74 Å². The van der Waals surface area contributed by atoms with E-state index in [9.17, 15) is 0 Å². The number of benzene rings is 1. The van der Waals surface area contributed by atoms with Gasteiger partial charge in [0.15, 0.2) is 0 Å². The van der Waals surface area contributed by atoms with Gasteiger partial charge in [0, 0.05) is 30.9 Å². The van der Waals surface area contributed by atoms with Gasteiger partial charge in [-0.15, -0.1) is 0 Å². The summed E-state index contributed by atoms with van der Waals surface area (Å²) in [4.78, 5) is 3.99. The molecule has 0 saturated carbocycles. The van der Waals surface area contributed by atoms with Crippen molar-refractivity contribution in [3.8, 4) is 5.75 Å². The fourth-order valence-electron chi connectivity index (χ4n) is 1.87. The second-order valence-electron chi connectivity index (χ2n) is 4.21. The smallest absolute Gasteiger partial charge is 0.142 e. The highest BCUT2D eigenvalue weighted by Crippen LogP contribution is 2.28. The lowest BCUT2D eigenvalue weighted by Crippen LogP contribution is -2.09. The van der Waals surface area contributed by atoms with Gasteiger partial charge in [-0.1, -0.05) is 23.7 Å². The van der Waals surface area contributed by atoms with E-state index in [1.165, 1.54) is 5.56 Å². The van der Waals surface area contributed by atoms with Crippen molar-refractivity contribution in [3.63, 3.8) is 0 Å². The lowest BCUT2D eigenvalue weighted by Gasteiger charge is -2.13. The molecule has 0 aliphatic carbocycles. The SMILES string of the molecule is CNCc1cccc(Cl)c1OCCc1ccncc1. The van der Waals surface area contributed by atoms with E-state index in [2.05, 4.69) is 10.3 Å². The van der Waals surface area contributed by atoms with Crippen molar-refractivity contribution in [2.45, 2.75) is 13.0 Å². The molecular weight excluding hydrogens is 260 g/mol. The molecule has 0 atom stereocenters. The Hall–Kier alpha value is -1.58. The molecule has 2 aromatic rings. The van der Waals surface area contributed by atoms with E-state index in [4.69, 9.17) is 16.3 Å². The molecule has 1 aromatic heterocycles. The molecular formula is C15H17ClN2O. The van der Waals surface area contributed by atoms with E-state index in [-0.39, 0.29) is 0 Å². The van der Waals surface area contributed by atoms with Crippen LogP contribution in [0.25, 0.3) is 0 Å². The standard InChI is InChI=1S/C15H17ClN2O/c1-17-11-13-3-2-4-14(16)15(13)19-10-7-12-5-8-18-9-6-12/h2-6,8-9,17H,7,10-11H2,1H3. The zero-order valence-corrected chi connectivity index (χ0v) is 11.7. The maximum Gasteiger partial charge on any atom is 0.142 e. The fraction of sp³-hybridized carbons (Fsp3) is 0.267. The lowest BCUT2D eigenvalue weighted by molar-refractivity contribution is 0.318. The quantitative estimate of drug-likeness (QED) is 0.880. The minimum atomic E-state index is 0.602. The van der Waals surface area contributed by atoms with Gasteiger partial charge in [-0.05, 0) is 30.8 Å². The Morgan fingerprint density at radius 1 is 1.21 bits per heavy atom.